The maximum absolute atomic E-state index is 5.72. The van der Waals surface area contributed by atoms with E-state index in [1.807, 2.05) is 18.2 Å². The summed E-state index contributed by atoms with van der Waals surface area (Å²) in [6, 6.07) is 5.73. The van der Waals surface area contributed by atoms with E-state index in [1.165, 1.54) is 25.7 Å². The summed E-state index contributed by atoms with van der Waals surface area (Å²) < 4.78 is 0. The monoisotopic (exact) mass is 205 g/mol. The first kappa shape index (κ1) is 10.1. The summed E-state index contributed by atoms with van der Waals surface area (Å²) in [6.07, 6.45) is 5.50. The van der Waals surface area contributed by atoms with E-state index < -0.39 is 0 Å². The lowest BCUT2D eigenvalue weighted by Crippen LogP contribution is -2.15. The second-order valence-corrected chi connectivity index (χ2v) is 4.36. The van der Waals surface area contributed by atoms with Gasteiger partial charge in [-0.05, 0) is 30.5 Å². The van der Waals surface area contributed by atoms with Crippen LogP contribution in [0.15, 0.2) is 18.2 Å². The molecule has 0 aromatic heterocycles. The largest absolute Gasteiger partial charge is 0.397 e. The topological polar surface area (TPSA) is 64.1 Å². The molecule has 0 aliphatic heterocycles. The summed E-state index contributed by atoms with van der Waals surface area (Å²) in [5.41, 5.74) is 13.7. The van der Waals surface area contributed by atoms with Gasteiger partial charge >= 0.3 is 0 Å². The van der Waals surface area contributed by atoms with Crippen molar-refractivity contribution in [2.24, 2.45) is 5.92 Å². The van der Waals surface area contributed by atoms with Gasteiger partial charge in [0.05, 0.1) is 11.4 Å². The average molecular weight is 205 g/mol. The Hall–Kier alpha value is -1.38. The molecule has 2 rings (SSSR count). The SMILES string of the molecule is Nc1ccc(NCCC2CCC2)cc1N. The molecule has 0 saturated heterocycles. The highest BCUT2D eigenvalue weighted by atomic mass is 14.9. The molecule has 5 N–H and O–H groups in total. The number of nitrogens with two attached hydrogens (primary N) is 2. The van der Waals surface area contributed by atoms with E-state index in [2.05, 4.69) is 5.32 Å². The van der Waals surface area contributed by atoms with Crippen molar-refractivity contribution in [1.29, 1.82) is 0 Å². The molecule has 1 aromatic carbocycles. The maximum Gasteiger partial charge on any atom is 0.0568 e. The Kier molecular flexibility index (Phi) is 2.99. The smallest absolute Gasteiger partial charge is 0.0568 e. The number of nitrogen functional groups attached to an aromatic ring is 2. The van der Waals surface area contributed by atoms with Crippen molar-refractivity contribution < 1.29 is 0 Å². The first-order valence-electron chi connectivity index (χ1n) is 5.64. The fourth-order valence-corrected chi connectivity index (χ4v) is 1.89. The van der Waals surface area contributed by atoms with E-state index in [1.54, 1.807) is 0 Å². The van der Waals surface area contributed by atoms with Gasteiger partial charge in [-0.2, -0.15) is 0 Å². The molecule has 1 aromatic rings. The van der Waals surface area contributed by atoms with Gasteiger partial charge in [0.15, 0.2) is 0 Å². The lowest BCUT2D eigenvalue weighted by atomic mass is 9.83. The van der Waals surface area contributed by atoms with Gasteiger partial charge in [0.2, 0.25) is 0 Å². The molecule has 0 heterocycles. The van der Waals surface area contributed by atoms with E-state index in [4.69, 9.17) is 11.5 Å². The predicted octanol–water partition coefficient (Wildman–Crippen LogP) is 2.45. The lowest BCUT2D eigenvalue weighted by molar-refractivity contribution is 0.303. The average Bonchev–Trinajstić information content (AvgIpc) is 2.15. The van der Waals surface area contributed by atoms with Crippen LogP contribution in [0, 0.1) is 5.92 Å². The molecule has 0 spiro atoms. The minimum Gasteiger partial charge on any atom is -0.397 e. The quantitative estimate of drug-likeness (QED) is 0.661. The summed E-state index contributed by atoms with van der Waals surface area (Å²) in [7, 11) is 0. The van der Waals surface area contributed by atoms with E-state index in [9.17, 15) is 0 Å². The van der Waals surface area contributed by atoms with E-state index >= 15 is 0 Å². The van der Waals surface area contributed by atoms with Gasteiger partial charge in [0.1, 0.15) is 0 Å². The third-order valence-electron chi connectivity index (χ3n) is 3.19. The molecule has 0 atom stereocenters. The third kappa shape index (κ3) is 2.55. The maximum atomic E-state index is 5.72. The summed E-state index contributed by atoms with van der Waals surface area (Å²) in [4.78, 5) is 0. The van der Waals surface area contributed by atoms with Crippen LogP contribution >= 0.6 is 0 Å². The second kappa shape index (κ2) is 4.43. The van der Waals surface area contributed by atoms with E-state index in [0.29, 0.717) is 11.4 Å². The molecular formula is C12H19N3. The van der Waals surface area contributed by atoms with Crippen molar-refractivity contribution in [3.05, 3.63) is 18.2 Å². The van der Waals surface area contributed by atoms with E-state index in [-0.39, 0.29) is 0 Å². The van der Waals surface area contributed by atoms with Gasteiger partial charge in [0, 0.05) is 12.2 Å². The molecule has 0 bridgehead atoms. The molecule has 1 aliphatic rings. The fourth-order valence-electron chi connectivity index (χ4n) is 1.89. The van der Waals surface area contributed by atoms with Crippen LogP contribution in [0.2, 0.25) is 0 Å². The first-order chi connectivity index (χ1) is 7.25. The molecule has 1 fully saturated rings. The van der Waals surface area contributed by atoms with Crippen LogP contribution in [0.3, 0.4) is 0 Å². The highest BCUT2D eigenvalue weighted by Gasteiger charge is 2.16. The molecular weight excluding hydrogens is 186 g/mol. The molecule has 3 heteroatoms. The van der Waals surface area contributed by atoms with Crippen LogP contribution in [0.25, 0.3) is 0 Å². The molecule has 3 nitrogen and oxygen atoms in total. The fraction of sp³-hybridized carbons (Fsp3) is 0.500. The van der Waals surface area contributed by atoms with Crippen molar-refractivity contribution in [2.75, 3.05) is 23.3 Å². The lowest BCUT2D eigenvalue weighted by Gasteiger charge is -2.25. The van der Waals surface area contributed by atoms with Gasteiger partial charge in [0.25, 0.3) is 0 Å². The molecule has 82 valence electrons. The van der Waals surface area contributed by atoms with Crippen LogP contribution in [0.1, 0.15) is 25.7 Å². The predicted molar refractivity (Wildman–Crippen MR) is 65.7 cm³/mol. The Morgan fingerprint density at radius 1 is 1.20 bits per heavy atom. The van der Waals surface area contributed by atoms with Gasteiger partial charge in [-0.1, -0.05) is 19.3 Å². The number of hydrogen-bond acceptors (Lipinski definition) is 3. The minimum atomic E-state index is 0.652. The highest BCUT2D eigenvalue weighted by molar-refractivity contribution is 5.69. The molecule has 15 heavy (non-hydrogen) atoms. The highest BCUT2D eigenvalue weighted by Crippen LogP contribution is 2.29. The van der Waals surface area contributed by atoms with Crippen molar-refractivity contribution >= 4 is 17.1 Å². The zero-order valence-electron chi connectivity index (χ0n) is 9.00. The standard InChI is InChI=1S/C12H19N3/c13-11-5-4-10(8-12(11)14)15-7-6-9-2-1-3-9/h4-5,8-9,15H,1-3,6-7,13-14H2. The van der Waals surface area contributed by atoms with Crippen molar-refractivity contribution in [3.63, 3.8) is 0 Å². The minimum absolute atomic E-state index is 0.652. The number of benzene rings is 1. The molecule has 1 saturated carbocycles. The zero-order chi connectivity index (χ0) is 10.7. The number of hydrogen-bond donors (Lipinski definition) is 3. The Morgan fingerprint density at radius 2 is 2.00 bits per heavy atom. The second-order valence-electron chi connectivity index (χ2n) is 4.36. The van der Waals surface area contributed by atoms with Gasteiger partial charge in [-0.15, -0.1) is 0 Å². The Bertz CT molecular complexity index is 332. The Morgan fingerprint density at radius 3 is 2.60 bits per heavy atom. The molecule has 0 amide bonds. The Balaban J connectivity index is 1.79. The molecule has 0 unspecified atom stereocenters. The van der Waals surface area contributed by atoms with Gasteiger partial charge in [-0.25, -0.2) is 0 Å². The van der Waals surface area contributed by atoms with Crippen LogP contribution in [0.4, 0.5) is 17.1 Å². The van der Waals surface area contributed by atoms with Crippen molar-refractivity contribution in [1.82, 2.24) is 0 Å². The Labute approximate surface area is 90.8 Å². The number of nitrogens with one attached hydrogen (secondary N) is 1. The van der Waals surface area contributed by atoms with Crippen LogP contribution in [-0.4, -0.2) is 6.54 Å². The van der Waals surface area contributed by atoms with E-state index in [0.717, 1.165) is 18.2 Å². The van der Waals surface area contributed by atoms with Crippen molar-refractivity contribution in [2.45, 2.75) is 25.7 Å². The molecule has 0 radical (unpaired) electrons. The number of rotatable bonds is 4. The summed E-state index contributed by atoms with van der Waals surface area (Å²) in [5.74, 6) is 0.948. The van der Waals surface area contributed by atoms with Crippen LogP contribution in [0.5, 0.6) is 0 Å². The van der Waals surface area contributed by atoms with Gasteiger partial charge < -0.3 is 16.8 Å². The molecule has 1 aliphatic carbocycles. The number of anilines is 3. The summed E-state index contributed by atoms with van der Waals surface area (Å²) in [6.45, 7) is 1.04. The summed E-state index contributed by atoms with van der Waals surface area (Å²) in [5, 5.41) is 3.38. The van der Waals surface area contributed by atoms with Crippen LogP contribution in [-0.2, 0) is 0 Å². The normalized spacial score (nSPS) is 16.0. The summed E-state index contributed by atoms with van der Waals surface area (Å²) >= 11 is 0. The third-order valence-corrected chi connectivity index (χ3v) is 3.19. The first-order valence-corrected chi connectivity index (χ1v) is 5.64. The van der Waals surface area contributed by atoms with Crippen molar-refractivity contribution in [3.8, 4) is 0 Å². The van der Waals surface area contributed by atoms with Crippen LogP contribution < -0.4 is 16.8 Å². The van der Waals surface area contributed by atoms with Gasteiger partial charge in [-0.3, -0.25) is 0 Å². The zero-order valence-corrected chi connectivity index (χ0v) is 9.00.